The summed E-state index contributed by atoms with van der Waals surface area (Å²) in [5.41, 5.74) is 2.30. The molecule has 0 aromatic heterocycles. The summed E-state index contributed by atoms with van der Waals surface area (Å²) in [6.45, 7) is 4.83. The van der Waals surface area contributed by atoms with E-state index in [2.05, 4.69) is 5.32 Å². The summed E-state index contributed by atoms with van der Waals surface area (Å²) >= 11 is 0. The molecule has 0 saturated carbocycles. The largest absolute Gasteiger partial charge is 0.345 e. The number of aryl methyl sites for hydroxylation is 1. The van der Waals surface area contributed by atoms with Crippen molar-refractivity contribution >= 4 is 11.8 Å². The van der Waals surface area contributed by atoms with Crippen molar-refractivity contribution in [3.8, 4) is 0 Å². The molecule has 1 fully saturated rings. The fourth-order valence-electron chi connectivity index (χ4n) is 2.15. The molecule has 1 unspecified atom stereocenters. The van der Waals surface area contributed by atoms with Gasteiger partial charge in [0.1, 0.15) is 6.04 Å². The van der Waals surface area contributed by atoms with Crippen molar-refractivity contribution in [2.75, 3.05) is 6.54 Å². The summed E-state index contributed by atoms with van der Waals surface area (Å²) in [5, 5.41) is 2.69. The third kappa shape index (κ3) is 2.70. The normalized spacial score (nSPS) is 20.6. The smallest absolute Gasteiger partial charge is 0.245 e. The zero-order valence-electron chi connectivity index (χ0n) is 10.8. The van der Waals surface area contributed by atoms with Crippen LogP contribution < -0.4 is 5.32 Å². The van der Waals surface area contributed by atoms with Gasteiger partial charge in [-0.25, -0.2) is 0 Å². The van der Waals surface area contributed by atoms with Crippen LogP contribution in [0.5, 0.6) is 0 Å². The van der Waals surface area contributed by atoms with Gasteiger partial charge in [-0.05, 0) is 25.0 Å². The van der Waals surface area contributed by atoms with Gasteiger partial charge in [0.05, 0.1) is 0 Å². The van der Waals surface area contributed by atoms with E-state index in [1.165, 1.54) is 5.56 Å². The van der Waals surface area contributed by atoms with Gasteiger partial charge in [0, 0.05) is 19.5 Å². The standard InChI is InChI=1S/C14H18N2O2/c1-10-5-3-4-6-12(10)9-16-8-7-13(17)15-11(2)14(16)18/h3-6,11H,7-9H2,1-2H3,(H,15,17). The van der Waals surface area contributed by atoms with E-state index in [1.807, 2.05) is 31.2 Å². The molecule has 0 radical (unpaired) electrons. The van der Waals surface area contributed by atoms with Gasteiger partial charge in [0.25, 0.3) is 0 Å². The molecular formula is C14H18N2O2. The predicted molar refractivity (Wildman–Crippen MR) is 68.8 cm³/mol. The first-order chi connectivity index (χ1) is 8.58. The monoisotopic (exact) mass is 246 g/mol. The average molecular weight is 246 g/mol. The van der Waals surface area contributed by atoms with Crippen LogP contribution in [0.4, 0.5) is 0 Å². The molecule has 1 aromatic rings. The van der Waals surface area contributed by atoms with E-state index in [-0.39, 0.29) is 11.8 Å². The summed E-state index contributed by atoms with van der Waals surface area (Å²) in [4.78, 5) is 25.3. The predicted octanol–water partition coefficient (Wildman–Crippen LogP) is 1.23. The third-order valence-electron chi connectivity index (χ3n) is 3.29. The molecule has 4 heteroatoms. The Morgan fingerprint density at radius 1 is 1.33 bits per heavy atom. The van der Waals surface area contributed by atoms with Crippen LogP contribution in [0.3, 0.4) is 0 Å². The highest BCUT2D eigenvalue weighted by atomic mass is 16.2. The molecule has 2 rings (SSSR count). The van der Waals surface area contributed by atoms with Gasteiger partial charge in [-0.2, -0.15) is 0 Å². The van der Waals surface area contributed by atoms with Crippen LogP contribution in [-0.2, 0) is 16.1 Å². The number of nitrogens with one attached hydrogen (secondary N) is 1. The molecule has 0 spiro atoms. The Hall–Kier alpha value is -1.84. The van der Waals surface area contributed by atoms with Crippen LogP contribution >= 0.6 is 0 Å². The first kappa shape index (κ1) is 12.6. The van der Waals surface area contributed by atoms with E-state index in [9.17, 15) is 9.59 Å². The van der Waals surface area contributed by atoms with Gasteiger partial charge in [0.2, 0.25) is 11.8 Å². The molecule has 96 valence electrons. The zero-order valence-corrected chi connectivity index (χ0v) is 10.8. The fraction of sp³-hybridized carbons (Fsp3) is 0.429. The summed E-state index contributed by atoms with van der Waals surface area (Å²) in [7, 11) is 0. The number of carbonyl (C=O) groups excluding carboxylic acids is 2. The highest BCUT2D eigenvalue weighted by Crippen LogP contribution is 2.13. The van der Waals surface area contributed by atoms with E-state index >= 15 is 0 Å². The molecule has 0 aliphatic carbocycles. The highest BCUT2D eigenvalue weighted by Gasteiger charge is 2.26. The van der Waals surface area contributed by atoms with E-state index in [1.54, 1.807) is 11.8 Å². The maximum atomic E-state index is 12.1. The molecule has 1 aromatic carbocycles. The minimum absolute atomic E-state index is 0.0101. The van der Waals surface area contributed by atoms with Gasteiger partial charge < -0.3 is 10.2 Å². The van der Waals surface area contributed by atoms with E-state index in [4.69, 9.17) is 0 Å². The van der Waals surface area contributed by atoms with E-state index < -0.39 is 6.04 Å². The topological polar surface area (TPSA) is 49.4 Å². The SMILES string of the molecule is Cc1ccccc1CN1CCC(=O)NC(C)C1=O. The molecule has 2 amide bonds. The quantitative estimate of drug-likeness (QED) is 0.853. The van der Waals surface area contributed by atoms with Gasteiger partial charge >= 0.3 is 0 Å². The van der Waals surface area contributed by atoms with Crippen LogP contribution in [0.1, 0.15) is 24.5 Å². The maximum Gasteiger partial charge on any atom is 0.245 e. The average Bonchev–Trinajstić information content (AvgIpc) is 2.45. The molecule has 18 heavy (non-hydrogen) atoms. The summed E-state index contributed by atoms with van der Waals surface area (Å²) in [6, 6.07) is 7.58. The number of carbonyl (C=O) groups is 2. The second-order valence-electron chi connectivity index (χ2n) is 4.73. The lowest BCUT2D eigenvalue weighted by Gasteiger charge is -2.23. The van der Waals surface area contributed by atoms with Crippen LogP contribution in [0.25, 0.3) is 0 Å². The Morgan fingerprint density at radius 3 is 2.78 bits per heavy atom. The van der Waals surface area contributed by atoms with Crippen LogP contribution in [0.2, 0.25) is 0 Å². The number of hydrogen-bond donors (Lipinski definition) is 1. The molecule has 1 N–H and O–H groups in total. The summed E-state index contributed by atoms with van der Waals surface area (Å²) in [6.07, 6.45) is 0.377. The molecule has 1 atom stereocenters. The van der Waals surface area contributed by atoms with Crippen molar-refractivity contribution in [1.82, 2.24) is 10.2 Å². The van der Waals surface area contributed by atoms with Crippen molar-refractivity contribution in [2.45, 2.75) is 32.9 Å². The van der Waals surface area contributed by atoms with E-state index in [0.717, 1.165) is 5.56 Å². The fourth-order valence-corrected chi connectivity index (χ4v) is 2.15. The minimum atomic E-state index is -0.427. The lowest BCUT2D eigenvalue weighted by Crippen LogP contribution is -2.42. The number of hydrogen-bond acceptors (Lipinski definition) is 2. The Bertz CT molecular complexity index is 471. The summed E-state index contributed by atoms with van der Waals surface area (Å²) < 4.78 is 0. The first-order valence-electron chi connectivity index (χ1n) is 6.20. The molecule has 4 nitrogen and oxygen atoms in total. The Morgan fingerprint density at radius 2 is 2.06 bits per heavy atom. The second-order valence-corrected chi connectivity index (χ2v) is 4.73. The number of rotatable bonds is 2. The van der Waals surface area contributed by atoms with E-state index in [0.29, 0.717) is 19.5 Å². The van der Waals surface area contributed by atoms with Crippen molar-refractivity contribution < 1.29 is 9.59 Å². The van der Waals surface area contributed by atoms with Gasteiger partial charge in [-0.15, -0.1) is 0 Å². The van der Waals surface area contributed by atoms with Crippen LogP contribution in [0, 0.1) is 6.92 Å². The van der Waals surface area contributed by atoms with Crippen molar-refractivity contribution in [3.05, 3.63) is 35.4 Å². The van der Waals surface area contributed by atoms with Crippen molar-refractivity contribution in [1.29, 1.82) is 0 Å². The highest BCUT2D eigenvalue weighted by molar-refractivity contribution is 5.89. The maximum absolute atomic E-state index is 12.1. The van der Waals surface area contributed by atoms with Gasteiger partial charge in [-0.3, -0.25) is 9.59 Å². The number of amides is 2. The van der Waals surface area contributed by atoms with Gasteiger partial charge in [-0.1, -0.05) is 24.3 Å². The Kier molecular flexibility index (Phi) is 3.65. The third-order valence-corrected chi connectivity index (χ3v) is 3.29. The Labute approximate surface area is 107 Å². The minimum Gasteiger partial charge on any atom is -0.345 e. The number of benzene rings is 1. The lowest BCUT2D eigenvalue weighted by atomic mass is 10.1. The zero-order chi connectivity index (χ0) is 13.1. The number of nitrogens with zero attached hydrogens (tertiary/aromatic N) is 1. The molecule has 0 bridgehead atoms. The molecule has 1 aliphatic heterocycles. The molecule has 1 aliphatic rings. The second kappa shape index (κ2) is 5.21. The molecule has 1 saturated heterocycles. The van der Waals surface area contributed by atoms with Crippen molar-refractivity contribution in [3.63, 3.8) is 0 Å². The molecular weight excluding hydrogens is 228 g/mol. The van der Waals surface area contributed by atoms with Crippen LogP contribution in [0.15, 0.2) is 24.3 Å². The Balaban J connectivity index is 2.15. The van der Waals surface area contributed by atoms with Crippen LogP contribution in [-0.4, -0.2) is 29.3 Å². The molecule has 1 heterocycles. The van der Waals surface area contributed by atoms with Crippen molar-refractivity contribution in [2.24, 2.45) is 0 Å². The van der Waals surface area contributed by atoms with Gasteiger partial charge in [0.15, 0.2) is 0 Å². The first-order valence-corrected chi connectivity index (χ1v) is 6.20. The lowest BCUT2D eigenvalue weighted by molar-refractivity contribution is -0.133. The summed E-state index contributed by atoms with van der Waals surface area (Å²) in [5.74, 6) is -0.0627.